The summed E-state index contributed by atoms with van der Waals surface area (Å²) in [4.78, 5) is 15.9. The summed E-state index contributed by atoms with van der Waals surface area (Å²) in [5.74, 6) is 0.642. The largest absolute Gasteiger partial charge is 0.432 e. The van der Waals surface area contributed by atoms with Gasteiger partial charge in [-0.1, -0.05) is 30.3 Å². The molecular weight excluding hydrogens is 485 g/mol. The maximum absolute atomic E-state index is 13.5. The number of nitrogens with one attached hydrogen (secondary N) is 2. The molecule has 1 aliphatic rings. The van der Waals surface area contributed by atoms with Crippen LogP contribution in [0.2, 0.25) is 0 Å². The van der Waals surface area contributed by atoms with Crippen LogP contribution in [-0.4, -0.2) is 54.8 Å². The number of fused-ring (bicyclic) bond motifs is 1. The molecule has 0 bridgehead atoms. The molecule has 5 aromatic rings. The van der Waals surface area contributed by atoms with E-state index in [1.54, 1.807) is 30.8 Å². The maximum atomic E-state index is 13.5. The Morgan fingerprint density at radius 2 is 1.82 bits per heavy atom. The summed E-state index contributed by atoms with van der Waals surface area (Å²) >= 11 is 0. The first kappa shape index (κ1) is 24.2. The molecule has 10 heteroatoms. The van der Waals surface area contributed by atoms with Crippen LogP contribution in [0.15, 0.2) is 83.7 Å². The molecule has 3 N–H and O–H groups in total. The number of likely N-dealkylation sites (tertiary alicyclic amines) is 1. The normalized spacial score (nSPS) is 15.6. The van der Waals surface area contributed by atoms with Gasteiger partial charge in [0.05, 0.1) is 5.69 Å². The van der Waals surface area contributed by atoms with Gasteiger partial charge in [0.15, 0.2) is 6.35 Å². The number of nitrogens with zero attached hydrogens (tertiary/aromatic N) is 5. The molecule has 4 heterocycles. The molecule has 1 saturated heterocycles. The van der Waals surface area contributed by atoms with Gasteiger partial charge in [-0.05, 0) is 48.7 Å². The molecule has 1 aliphatic heterocycles. The lowest BCUT2D eigenvalue weighted by Crippen LogP contribution is -2.50. The van der Waals surface area contributed by atoms with Gasteiger partial charge in [-0.2, -0.15) is 4.98 Å². The standard InChI is InChI=1S/C28H28FN7O2/c29-21-8-6-20(7-9-21)24-25(36-16-17-38-28(36)34-24)23-10-13-30-26(33-23)32-22-11-14-35(15-12-22)27(37)31-18-19-4-2-1-3-5-19/h1-10,13,16-17,22,27,31,37H,11-12,14-15,18H2,(H,30,32,33). The predicted molar refractivity (Wildman–Crippen MR) is 141 cm³/mol. The number of hydrogen-bond donors (Lipinski definition) is 3. The zero-order valence-electron chi connectivity index (χ0n) is 20.7. The zero-order chi connectivity index (χ0) is 25.9. The molecule has 9 nitrogen and oxygen atoms in total. The molecule has 3 aromatic heterocycles. The van der Waals surface area contributed by atoms with Gasteiger partial charge in [0.1, 0.15) is 23.5 Å². The minimum Gasteiger partial charge on any atom is -0.432 e. The summed E-state index contributed by atoms with van der Waals surface area (Å²) in [7, 11) is 0. The van der Waals surface area contributed by atoms with Gasteiger partial charge in [0.2, 0.25) is 5.95 Å². The van der Waals surface area contributed by atoms with Crippen molar-refractivity contribution in [3.8, 4) is 22.6 Å². The Morgan fingerprint density at radius 3 is 2.61 bits per heavy atom. The lowest BCUT2D eigenvalue weighted by molar-refractivity contribution is -0.0348. The van der Waals surface area contributed by atoms with Gasteiger partial charge in [-0.25, -0.2) is 14.4 Å². The van der Waals surface area contributed by atoms with Crippen LogP contribution in [0.4, 0.5) is 10.3 Å². The van der Waals surface area contributed by atoms with Crippen molar-refractivity contribution in [3.63, 3.8) is 0 Å². The molecule has 1 atom stereocenters. The molecule has 0 radical (unpaired) electrons. The molecule has 2 aromatic carbocycles. The van der Waals surface area contributed by atoms with E-state index in [-0.39, 0.29) is 11.9 Å². The average Bonchev–Trinajstić information content (AvgIpc) is 3.55. The van der Waals surface area contributed by atoms with Crippen LogP contribution in [0.1, 0.15) is 18.4 Å². The van der Waals surface area contributed by atoms with Crippen molar-refractivity contribution in [3.05, 3.63) is 90.7 Å². The summed E-state index contributed by atoms with van der Waals surface area (Å²) in [6, 6.07) is 18.2. The highest BCUT2D eigenvalue weighted by Gasteiger charge is 2.25. The van der Waals surface area contributed by atoms with E-state index in [2.05, 4.69) is 20.6 Å². The van der Waals surface area contributed by atoms with Crippen LogP contribution in [-0.2, 0) is 6.54 Å². The van der Waals surface area contributed by atoms with Gasteiger partial charge < -0.3 is 14.8 Å². The van der Waals surface area contributed by atoms with Crippen molar-refractivity contribution in [2.24, 2.45) is 0 Å². The maximum Gasteiger partial charge on any atom is 0.306 e. The fourth-order valence-corrected chi connectivity index (χ4v) is 4.80. The van der Waals surface area contributed by atoms with Crippen LogP contribution in [0.5, 0.6) is 0 Å². The Hall–Kier alpha value is -4.12. The lowest BCUT2D eigenvalue weighted by atomic mass is 10.1. The quantitative estimate of drug-likeness (QED) is 0.266. The summed E-state index contributed by atoms with van der Waals surface area (Å²) in [6.45, 7) is 2.10. The van der Waals surface area contributed by atoms with E-state index < -0.39 is 6.35 Å². The monoisotopic (exact) mass is 513 g/mol. The fraction of sp³-hybridized carbons (Fsp3) is 0.250. The van der Waals surface area contributed by atoms with Crippen LogP contribution >= 0.6 is 0 Å². The average molecular weight is 514 g/mol. The fourth-order valence-electron chi connectivity index (χ4n) is 4.80. The zero-order valence-corrected chi connectivity index (χ0v) is 20.7. The van der Waals surface area contributed by atoms with Crippen LogP contribution in [0.3, 0.4) is 0 Å². The number of aliphatic hydroxyl groups excluding tert-OH is 1. The number of halogens is 1. The number of anilines is 1. The number of benzene rings is 2. The third-order valence-corrected chi connectivity index (χ3v) is 6.82. The first-order chi connectivity index (χ1) is 18.6. The number of oxazole rings is 1. The molecule has 0 amide bonds. The molecule has 38 heavy (non-hydrogen) atoms. The number of aliphatic hydroxyl groups is 1. The van der Waals surface area contributed by atoms with E-state index in [1.165, 1.54) is 12.1 Å². The van der Waals surface area contributed by atoms with Gasteiger partial charge in [-0.3, -0.25) is 14.6 Å². The van der Waals surface area contributed by atoms with Crippen LogP contribution in [0, 0.1) is 5.82 Å². The van der Waals surface area contributed by atoms with Crippen molar-refractivity contribution >= 4 is 11.8 Å². The molecule has 1 unspecified atom stereocenters. The minimum atomic E-state index is -0.695. The third kappa shape index (κ3) is 5.14. The van der Waals surface area contributed by atoms with E-state index in [0.29, 0.717) is 29.7 Å². The van der Waals surface area contributed by atoms with Crippen molar-refractivity contribution < 1.29 is 13.9 Å². The number of imidazole rings is 1. The van der Waals surface area contributed by atoms with Crippen molar-refractivity contribution in [1.29, 1.82) is 0 Å². The summed E-state index contributed by atoms with van der Waals surface area (Å²) in [5, 5.41) is 17.2. The number of piperidine rings is 1. The molecule has 0 saturated carbocycles. The van der Waals surface area contributed by atoms with Gasteiger partial charge in [0, 0.05) is 43.6 Å². The van der Waals surface area contributed by atoms with Crippen molar-refractivity contribution in [1.82, 2.24) is 29.6 Å². The predicted octanol–water partition coefficient (Wildman–Crippen LogP) is 4.13. The molecule has 6 rings (SSSR count). The van der Waals surface area contributed by atoms with E-state index >= 15 is 0 Å². The van der Waals surface area contributed by atoms with E-state index in [1.807, 2.05) is 45.7 Å². The second-order valence-electron chi connectivity index (χ2n) is 9.33. The molecule has 0 spiro atoms. The van der Waals surface area contributed by atoms with E-state index in [9.17, 15) is 9.50 Å². The Labute approximate surface area is 219 Å². The second kappa shape index (κ2) is 10.7. The van der Waals surface area contributed by atoms with Gasteiger partial charge in [0.25, 0.3) is 0 Å². The number of hydrogen-bond acceptors (Lipinski definition) is 8. The highest BCUT2D eigenvalue weighted by Crippen LogP contribution is 2.32. The van der Waals surface area contributed by atoms with Crippen LogP contribution in [0.25, 0.3) is 28.5 Å². The third-order valence-electron chi connectivity index (χ3n) is 6.82. The smallest absolute Gasteiger partial charge is 0.306 e. The van der Waals surface area contributed by atoms with Crippen LogP contribution < -0.4 is 10.6 Å². The first-order valence-electron chi connectivity index (χ1n) is 12.6. The first-order valence-corrected chi connectivity index (χ1v) is 12.6. The van der Waals surface area contributed by atoms with E-state index in [4.69, 9.17) is 9.40 Å². The molecule has 1 fully saturated rings. The summed E-state index contributed by atoms with van der Waals surface area (Å²) in [6.07, 6.45) is 6.06. The Kier molecular flexibility index (Phi) is 6.82. The molecule has 0 aliphatic carbocycles. The topological polar surface area (TPSA) is 104 Å². The summed E-state index contributed by atoms with van der Waals surface area (Å²) in [5.41, 5.74) is 3.97. The van der Waals surface area contributed by atoms with E-state index in [0.717, 1.165) is 42.8 Å². The van der Waals surface area contributed by atoms with Gasteiger partial charge >= 0.3 is 5.84 Å². The van der Waals surface area contributed by atoms with Gasteiger partial charge in [-0.15, -0.1) is 0 Å². The summed E-state index contributed by atoms with van der Waals surface area (Å²) < 4.78 is 20.9. The number of rotatable bonds is 8. The Bertz CT molecular complexity index is 1490. The Morgan fingerprint density at radius 1 is 1.03 bits per heavy atom. The Balaban J connectivity index is 1.13. The highest BCUT2D eigenvalue weighted by atomic mass is 19.1. The van der Waals surface area contributed by atoms with Crippen molar-refractivity contribution in [2.75, 3.05) is 18.4 Å². The lowest BCUT2D eigenvalue weighted by Gasteiger charge is -2.35. The minimum absolute atomic E-state index is 0.179. The molecule has 194 valence electrons. The SMILES string of the molecule is OC(NCc1ccccc1)N1CCC(Nc2nccc(-c3c(-c4ccc(F)cc4)nc4occn34)n2)CC1. The second-order valence-corrected chi connectivity index (χ2v) is 9.33. The number of aromatic nitrogens is 4. The molecular formula is C28H28FN7O2. The van der Waals surface area contributed by atoms with Crippen molar-refractivity contribution in [2.45, 2.75) is 31.8 Å². The highest BCUT2D eigenvalue weighted by molar-refractivity contribution is 5.79.